The molecule has 2 aromatic rings. The lowest BCUT2D eigenvalue weighted by Gasteiger charge is -2.34. The third kappa shape index (κ3) is 2.31. The highest BCUT2D eigenvalue weighted by atomic mass is 35.5. The number of nitrogens with zero attached hydrogens (tertiary/aromatic N) is 1. The fraction of sp³-hybridized carbons (Fsp3) is 0.400. The van der Waals surface area contributed by atoms with Crippen LogP contribution in [0.3, 0.4) is 0 Å². The average molecular weight is 326 g/mol. The average Bonchev–Trinajstić information content (AvgIpc) is 2.83. The molecule has 0 radical (unpaired) electrons. The van der Waals surface area contributed by atoms with Crippen LogP contribution in [0, 0.1) is 0 Å². The molecule has 112 valence electrons. The summed E-state index contributed by atoms with van der Waals surface area (Å²) in [5.41, 5.74) is 3.17. The second kappa shape index (κ2) is 5.52. The Kier molecular flexibility index (Phi) is 3.86. The first-order valence-corrected chi connectivity index (χ1v) is 7.72. The van der Waals surface area contributed by atoms with Gasteiger partial charge in [-0.2, -0.15) is 0 Å². The standard InChI is InChI=1S/C15H17Cl2N3O/c1-8-13-9-3-4-10(16)14(17)15(9)19-11(13)5-6-20(8)12(21)7-18-2/h3-4,8,18-19H,5-7H2,1-2H3. The molecule has 1 atom stereocenters. The van der Waals surface area contributed by atoms with Gasteiger partial charge in [0.05, 0.1) is 28.1 Å². The first-order chi connectivity index (χ1) is 10.0. The van der Waals surface area contributed by atoms with Crippen molar-refractivity contribution in [2.24, 2.45) is 0 Å². The monoisotopic (exact) mass is 325 g/mol. The van der Waals surface area contributed by atoms with Gasteiger partial charge in [0.15, 0.2) is 0 Å². The molecule has 2 N–H and O–H groups in total. The molecule has 0 spiro atoms. The zero-order chi connectivity index (χ0) is 15.1. The number of benzene rings is 1. The molecule has 3 rings (SSSR count). The van der Waals surface area contributed by atoms with Gasteiger partial charge >= 0.3 is 0 Å². The first kappa shape index (κ1) is 14.7. The van der Waals surface area contributed by atoms with Crippen LogP contribution in [0.5, 0.6) is 0 Å². The molecule has 1 aromatic heterocycles. The lowest BCUT2D eigenvalue weighted by Crippen LogP contribution is -2.42. The molecule has 0 aliphatic carbocycles. The summed E-state index contributed by atoms with van der Waals surface area (Å²) in [5.74, 6) is 0.116. The molecule has 1 aliphatic heterocycles. The second-order valence-corrected chi connectivity index (χ2v) is 6.13. The molecule has 1 unspecified atom stereocenters. The number of hydrogen-bond acceptors (Lipinski definition) is 2. The minimum absolute atomic E-state index is 0.0283. The van der Waals surface area contributed by atoms with Crippen LogP contribution in [0.15, 0.2) is 12.1 Å². The highest BCUT2D eigenvalue weighted by molar-refractivity contribution is 6.45. The van der Waals surface area contributed by atoms with Crippen molar-refractivity contribution in [2.45, 2.75) is 19.4 Å². The van der Waals surface area contributed by atoms with Crippen molar-refractivity contribution in [2.75, 3.05) is 20.1 Å². The van der Waals surface area contributed by atoms with E-state index in [2.05, 4.69) is 17.2 Å². The second-order valence-electron chi connectivity index (χ2n) is 5.34. The van der Waals surface area contributed by atoms with Gasteiger partial charge in [0.2, 0.25) is 5.91 Å². The molecule has 1 aromatic carbocycles. The number of H-pyrrole nitrogens is 1. The van der Waals surface area contributed by atoms with Gasteiger partial charge in [-0.3, -0.25) is 4.79 Å². The van der Waals surface area contributed by atoms with Crippen molar-refractivity contribution < 1.29 is 4.79 Å². The van der Waals surface area contributed by atoms with E-state index in [1.807, 2.05) is 11.0 Å². The normalized spacial score (nSPS) is 18.1. The van der Waals surface area contributed by atoms with Crippen LogP contribution in [0.4, 0.5) is 0 Å². The van der Waals surface area contributed by atoms with Gasteiger partial charge in [0.1, 0.15) is 0 Å². The highest BCUT2D eigenvalue weighted by Crippen LogP contribution is 2.39. The number of likely N-dealkylation sites (N-methyl/N-ethyl adjacent to an activating group) is 1. The molecule has 0 saturated carbocycles. The lowest BCUT2D eigenvalue weighted by atomic mass is 9.97. The zero-order valence-electron chi connectivity index (χ0n) is 12.0. The van der Waals surface area contributed by atoms with Gasteiger partial charge in [-0.1, -0.05) is 29.3 Å². The van der Waals surface area contributed by atoms with Gasteiger partial charge in [0, 0.05) is 29.6 Å². The summed E-state index contributed by atoms with van der Waals surface area (Å²) in [6.07, 6.45) is 0.803. The summed E-state index contributed by atoms with van der Waals surface area (Å²) in [4.78, 5) is 17.5. The minimum atomic E-state index is 0.0283. The number of hydrogen-bond donors (Lipinski definition) is 2. The largest absolute Gasteiger partial charge is 0.357 e. The smallest absolute Gasteiger partial charge is 0.237 e. The predicted octanol–water partition coefficient (Wildman–Crippen LogP) is 3.14. The molecule has 4 nitrogen and oxygen atoms in total. The van der Waals surface area contributed by atoms with Gasteiger partial charge in [0.25, 0.3) is 0 Å². The van der Waals surface area contributed by atoms with Gasteiger partial charge < -0.3 is 15.2 Å². The van der Waals surface area contributed by atoms with E-state index in [0.717, 1.165) is 28.6 Å². The number of fused-ring (bicyclic) bond motifs is 3. The number of halogens is 2. The van der Waals surface area contributed by atoms with Gasteiger partial charge in [-0.05, 0) is 20.0 Å². The topological polar surface area (TPSA) is 48.1 Å². The van der Waals surface area contributed by atoms with E-state index in [-0.39, 0.29) is 11.9 Å². The van der Waals surface area contributed by atoms with Crippen molar-refractivity contribution in [1.29, 1.82) is 0 Å². The lowest BCUT2D eigenvalue weighted by molar-refractivity contribution is -0.132. The van der Waals surface area contributed by atoms with E-state index in [1.165, 1.54) is 0 Å². The summed E-state index contributed by atoms with van der Waals surface area (Å²) in [5, 5.41) is 5.05. The summed E-state index contributed by atoms with van der Waals surface area (Å²) in [6.45, 7) is 3.13. The number of aromatic nitrogens is 1. The van der Waals surface area contributed by atoms with E-state index in [1.54, 1.807) is 13.1 Å². The van der Waals surface area contributed by atoms with E-state index in [9.17, 15) is 4.79 Å². The Bertz CT molecular complexity index is 710. The SMILES string of the molecule is CNCC(=O)N1CCc2[nH]c3c(Cl)c(Cl)ccc3c2C1C. The zero-order valence-corrected chi connectivity index (χ0v) is 13.5. The molecule has 0 bridgehead atoms. The quantitative estimate of drug-likeness (QED) is 0.891. The molecular formula is C15H17Cl2N3O. The van der Waals surface area contributed by atoms with Crippen LogP contribution in [0.2, 0.25) is 10.0 Å². The molecule has 21 heavy (non-hydrogen) atoms. The predicted molar refractivity (Wildman–Crippen MR) is 86.1 cm³/mol. The van der Waals surface area contributed by atoms with Crippen molar-refractivity contribution in [1.82, 2.24) is 15.2 Å². The van der Waals surface area contributed by atoms with Crippen LogP contribution in [-0.2, 0) is 11.2 Å². The maximum atomic E-state index is 12.2. The number of carbonyl (C=O) groups is 1. The Morgan fingerprint density at radius 2 is 2.24 bits per heavy atom. The fourth-order valence-corrected chi connectivity index (χ4v) is 3.50. The Morgan fingerprint density at radius 1 is 1.48 bits per heavy atom. The van der Waals surface area contributed by atoms with E-state index in [0.29, 0.717) is 23.1 Å². The molecule has 6 heteroatoms. The highest BCUT2D eigenvalue weighted by Gasteiger charge is 2.30. The third-order valence-corrected chi connectivity index (χ3v) is 4.93. The van der Waals surface area contributed by atoms with Crippen LogP contribution >= 0.6 is 23.2 Å². The Hall–Kier alpha value is -1.23. The third-order valence-electron chi connectivity index (χ3n) is 4.12. The van der Waals surface area contributed by atoms with Crippen LogP contribution < -0.4 is 5.32 Å². The Morgan fingerprint density at radius 3 is 2.95 bits per heavy atom. The number of nitrogens with one attached hydrogen (secondary N) is 2. The molecule has 1 amide bonds. The maximum absolute atomic E-state index is 12.2. The van der Waals surface area contributed by atoms with Crippen LogP contribution in [0.1, 0.15) is 24.2 Å². The van der Waals surface area contributed by atoms with E-state index >= 15 is 0 Å². The van der Waals surface area contributed by atoms with E-state index < -0.39 is 0 Å². The van der Waals surface area contributed by atoms with Crippen molar-refractivity contribution in [3.8, 4) is 0 Å². The Labute approximate surface area is 133 Å². The molecule has 0 saturated heterocycles. The molecule has 1 aliphatic rings. The maximum Gasteiger partial charge on any atom is 0.237 e. The summed E-state index contributed by atoms with van der Waals surface area (Å²) in [6, 6.07) is 3.81. The van der Waals surface area contributed by atoms with Gasteiger partial charge in [-0.25, -0.2) is 0 Å². The number of carbonyl (C=O) groups excluding carboxylic acids is 1. The number of rotatable bonds is 2. The molecule has 2 heterocycles. The van der Waals surface area contributed by atoms with Crippen LogP contribution in [0.25, 0.3) is 10.9 Å². The summed E-state index contributed by atoms with van der Waals surface area (Å²) in [7, 11) is 1.78. The minimum Gasteiger partial charge on any atom is -0.357 e. The Balaban J connectivity index is 2.09. The molecular weight excluding hydrogens is 309 g/mol. The summed E-state index contributed by atoms with van der Waals surface area (Å²) >= 11 is 12.4. The molecule has 0 fully saturated rings. The van der Waals surface area contributed by atoms with Crippen molar-refractivity contribution >= 4 is 40.0 Å². The van der Waals surface area contributed by atoms with Crippen molar-refractivity contribution in [3.63, 3.8) is 0 Å². The number of aromatic amines is 1. The van der Waals surface area contributed by atoms with Gasteiger partial charge in [-0.15, -0.1) is 0 Å². The number of amides is 1. The van der Waals surface area contributed by atoms with E-state index in [4.69, 9.17) is 23.2 Å². The summed E-state index contributed by atoms with van der Waals surface area (Å²) < 4.78 is 0. The van der Waals surface area contributed by atoms with Crippen molar-refractivity contribution in [3.05, 3.63) is 33.4 Å². The van der Waals surface area contributed by atoms with Crippen LogP contribution in [-0.4, -0.2) is 35.9 Å². The fourth-order valence-electron chi connectivity index (χ4n) is 3.13. The first-order valence-electron chi connectivity index (χ1n) is 6.97.